The monoisotopic (exact) mass is 399 g/mol. The summed E-state index contributed by atoms with van der Waals surface area (Å²) in [7, 11) is 0. The maximum Gasteiger partial charge on any atom is 0.162 e. The highest BCUT2D eigenvalue weighted by atomic mass is 16.3. The summed E-state index contributed by atoms with van der Waals surface area (Å²) in [5.41, 5.74) is 4.75. The molecule has 1 N–H and O–H groups in total. The van der Waals surface area contributed by atoms with Crippen LogP contribution in [0.2, 0.25) is 0 Å². The maximum absolute atomic E-state index is 5.33. The van der Waals surface area contributed by atoms with Gasteiger partial charge in [-0.05, 0) is 67.9 Å². The summed E-state index contributed by atoms with van der Waals surface area (Å²) in [6.07, 6.45) is 15.3. The van der Waals surface area contributed by atoms with Gasteiger partial charge >= 0.3 is 0 Å². The molecule has 0 aliphatic heterocycles. The third kappa shape index (κ3) is 2.93. The number of furan rings is 1. The first-order valence-electron chi connectivity index (χ1n) is 10.9. The molecule has 4 aromatic rings. The molecule has 3 aliphatic rings. The minimum Gasteiger partial charge on any atom is -0.472 e. The molecule has 0 aromatic carbocycles. The van der Waals surface area contributed by atoms with Crippen molar-refractivity contribution in [3.8, 4) is 22.6 Å². The van der Waals surface area contributed by atoms with Crippen molar-refractivity contribution < 1.29 is 4.42 Å². The number of hydrogen-bond donors (Lipinski definition) is 1. The summed E-state index contributed by atoms with van der Waals surface area (Å²) < 4.78 is 5.33. The predicted octanol–water partition coefficient (Wildman–Crippen LogP) is 5.29. The van der Waals surface area contributed by atoms with Crippen molar-refractivity contribution in [1.82, 2.24) is 24.9 Å². The molecule has 0 spiro atoms. The highest BCUT2D eigenvalue weighted by molar-refractivity contribution is 5.91. The van der Waals surface area contributed by atoms with Crippen molar-refractivity contribution in [2.75, 3.05) is 0 Å². The molecule has 30 heavy (non-hydrogen) atoms. The minimum atomic E-state index is 0.712. The van der Waals surface area contributed by atoms with Crippen LogP contribution < -0.4 is 0 Å². The smallest absolute Gasteiger partial charge is 0.162 e. The van der Waals surface area contributed by atoms with E-state index in [1.807, 2.05) is 18.5 Å². The van der Waals surface area contributed by atoms with Gasteiger partial charge in [0.15, 0.2) is 5.82 Å². The molecule has 3 fully saturated rings. The van der Waals surface area contributed by atoms with Crippen molar-refractivity contribution >= 4 is 11.0 Å². The van der Waals surface area contributed by atoms with Crippen molar-refractivity contribution in [1.29, 1.82) is 0 Å². The number of hydrogen-bond acceptors (Lipinski definition) is 5. The summed E-state index contributed by atoms with van der Waals surface area (Å²) >= 11 is 0. The first kappa shape index (κ1) is 17.8. The minimum absolute atomic E-state index is 0.712. The summed E-state index contributed by atoms with van der Waals surface area (Å²) in [4.78, 5) is 21.6. The Morgan fingerprint density at radius 2 is 2.00 bits per heavy atom. The van der Waals surface area contributed by atoms with Crippen LogP contribution in [0.3, 0.4) is 0 Å². The largest absolute Gasteiger partial charge is 0.472 e. The Bertz CT molecular complexity index is 1170. The van der Waals surface area contributed by atoms with Gasteiger partial charge in [0.05, 0.1) is 18.2 Å². The van der Waals surface area contributed by atoms with Gasteiger partial charge in [-0.3, -0.25) is 0 Å². The van der Waals surface area contributed by atoms with E-state index in [4.69, 9.17) is 14.4 Å². The lowest BCUT2D eigenvalue weighted by Crippen LogP contribution is -2.39. The fraction of sp³-hybridized carbons (Fsp3) is 0.417. The van der Waals surface area contributed by atoms with Gasteiger partial charge in [-0.2, -0.15) is 0 Å². The van der Waals surface area contributed by atoms with Crippen LogP contribution in [0.1, 0.15) is 38.3 Å². The predicted molar refractivity (Wildman–Crippen MR) is 114 cm³/mol. The molecule has 3 saturated carbocycles. The SMILES string of the molecule is CC1C2CCC(CC2)C1Cc1cc(-c2ccoc2)nc(-c2c[nH]c3ncncc23)n1. The second-order valence-corrected chi connectivity index (χ2v) is 8.97. The number of nitrogens with zero attached hydrogens (tertiary/aromatic N) is 4. The molecule has 152 valence electrons. The van der Waals surface area contributed by atoms with Crippen LogP contribution in [-0.2, 0) is 6.42 Å². The number of aromatic nitrogens is 5. The lowest BCUT2D eigenvalue weighted by molar-refractivity contribution is 0.0339. The molecule has 7 rings (SSSR count). The van der Waals surface area contributed by atoms with E-state index in [9.17, 15) is 0 Å². The fourth-order valence-corrected chi connectivity index (χ4v) is 5.80. The molecule has 3 aliphatic carbocycles. The van der Waals surface area contributed by atoms with Gasteiger partial charge < -0.3 is 9.40 Å². The number of nitrogens with one attached hydrogen (secondary N) is 1. The zero-order valence-electron chi connectivity index (χ0n) is 17.1. The molecular formula is C24H25N5O. The van der Waals surface area contributed by atoms with Crippen LogP contribution >= 0.6 is 0 Å². The Morgan fingerprint density at radius 3 is 2.80 bits per heavy atom. The molecule has 2 atom stereocenters. The normalized spacial score (nSPS) is 25.8. The summed E-state index contributed by atoms with van der Waals surface area (Å²) in [6, 6.07) is 4.11. The summed E-state index contributed by atoms with van der Waals surface area (Å²) in [6.45, 7) is 2.46. The number of aromatic amines is 1. The zero-order valence-corrected chi connectivity index (χ0v) is 17.1. The number of rotatable bonds is 4. The molecule has 2 bridgehead atoms. The van der Waals surface area contributed by atoms with E-state index in [-0.39, 0.29) is 0 Å². The molecule has 6 nitrogen and oxygen atoms in total. The molecule has 0 saturated heterocycles. The van der Waals surface area contributed by atoms with E-state index in [1.165, 1.54) is 25.7 Å². The molecule has 4 aromatic heterocycles. The Balaban J connectivity index is 1.43. The highest BCUT2D eigenvalue weighted by Crippen LogP contribution is 2.49. The average molecular weight is 399 g/mol. The summed E-state index contributed by atoms with van der Waals surface area (Å²) in [5.74, 6) is 3.93. The van der Waals surface area contributed by atoms with Crippen molar-refractivity contribution in [2.24, 2.45) is 23.7 Å². The van der Waals surface area contributed by atoms with Crippen LogP contribution in [0.4, 0.5) is 0 Å². The summed E-state index contributed by atoms with van der Waals surface area (Å²) in [5, 5.41) is 0.942. The second-order valence-electron chi connectivity index (χ2n) is 8.97. The second kappa shape index (κ2) is 7.04. The first-order chi connectivity index (χ1) is 14.8. The Hall–Kier alpha value is -3.02. The Morgan fingerprint density at radius 1 is 1.13 bits per heavy atom. The van der Waals surface area contributed by atoms with Gasteiger partial charge in [0, 0.05) is 34.6 Å². The van der Waals surface area contributed by atoms with Crippen LogP contribution in [0, 0.1) is 23.7 Å². The van der Waals surface area contributed by atoms with Gasteiger partial charge in [-0.15, -0.1) is 0 Å². The topological polar surface area (TPSA) is 80.5 Å². The van der Waals surface area contributed by atoms with E-state index in [1.54, 1.807) is 18.9 Å². The van der Waals surface area contributed by atoms with E-state index < -0.39 is 0 Å². The van der Waals surface area contributed by atoms with Crippen LogP contribution in [0.15, 0.2) is 47.8 Å². The van der Waals surface area contributed by atoms with Crippen LogP contribution in [0.5, 0.6) is 0 Å². The van der Waals surface area contributed by atoms with E-state index in [0.29, 0.717) is 5.92 Å². The van der Waals surface area contributed by atoms with E-state index >= 15 is 0 Å². The average Bonchev–Trinajstić information content (AvgIpc) is 3.47. The molecular weight excluding hydrogens is 374 g/mol. The quantitative estimate of drug-likeness (QED) is 0.504. The Labute approximate surface area is 175 Å². The third-order valence-electron chi connectivity index (χ3n) is 7.48. The van der Waals surface area contributed by atoms with Crippen LogP contribution in [0.25, 0.3) is 33.7 Å². The molecule has 0 radical (unpaired) electrons. The lowest BCUT2D eigenvalue weighted by Gasteiger charge is -2.47. The van der Waals surface area contributed by atoms with Gasteiger partial charge in [0.1, 0.15) is 12.0 Å². The first-order valence-corrected chi connectivity index (χ1v) is 10.9. The number of fused-ring (bicyclic) bond motifs is 4. The lowest BCUT2D eigenvalue weighted by atomic mass is 9.58. The van der Waals surface area contributed by atoms with Crippen molar-refractivity contribution in [3.63, 3.8) is 0 Å². The van der Waals surface area contributed by atoms with Gasteiger partial charge in [-0.25, -0.2) is 19.9 Å². The number of H-pyrrole nitrogens is 1. The highest BCUT2D eigenvalue weighted by Gasteiger charge is 2.41. The van der Waals surface area contributed by atoms with Crippen molar-refractivity contribution in [2.45, 2.75) is 39.0 Å². The molecule has 0 amide bonds. The zero-order chi connectivity index (χ0) is 20.1. The van der Waals surface area contributed by atoms with E-state index in [0.717, 1.165) is 63.5 Å². The fourth-order valence-electron chi connectivity index (χ4n) is 5.80. The van der Waals surface area contributed by atoms with Gasteiger partial charge in [0.2, 0.25) is 0 Å². The van der Waals surface area contributed by atoms with E-state index in [2.05, 4.69) is 27.9 Å². The molecule has 6 heteroatoms. The van der Waals surface area contributed by atoms with Crippen molar-refractivity contribution in [3.05, 3.63) is 49.1 Å². The molecule has 4 heterocycles. The van der Waals surface area contributed by atoms with Gasteiger partial charge in [-0.1, -0.05) is 6.92 Å². The van der Waals surface area contributed by atoms with Crippen LogP contribution in [-0.4, -0.2) is 24.9 Å². The third-order valence-corrected chi connectivity index (χ3v) is 7.48. The standard InChI is InChI=1S/C24H25N5O/c1-14-15-2-4-16(5-3-15)19(14)8-18-9-22(17-6-7-30-12-17)29-24(28-18)21-11-26-23-20(21)10-25-13-27-23/h6-7,9-16,19H,2-5,8H2,1H3,(H,25,26,27). The van der Waals surface area contributed by atoms with Gasteiger partial charge in [0.25, 0.3) is 0 Å². The maximum atomic E-state index is 5.33. The molecule has 2 unspecified atom stereocenters. The Kier molecular flexibility index (Phi) is 4.18.